The fourth-order valence-corrected chi connectivity index (χ4v) is 1.03. The first-order chi connectivity index (χ1) is 6.24. The van der Waals surface area contributed by atoms with Crippen LogP contribution in [0.4, 0.5) is 5.95 Å². The van der Waals surface area contributed by atoms with Crippen molar-refractivity contribution in [3.8, 4) is 0 Å². The highest BCUT2D eigenvalue weighted by Crippen LogP contribution is 2.18. The zero-order valence-corrected chi connectivity index (χ0v) is 7.10. The van der Waals surface area contributed by atoms with Crippen LogP contribution in [0.15, 0.2) is 6.33 Å². The van der Waals surface area contributed by atoms with Crippen molar-refractivity contribution in [2.24, 2.45) is 0 Å². The van der Waals surface area contributed by atoms with Crippen LogP contribution >= 0.6 is 0 Å². The number of carbonyl (C=O) groups is 1. The first-order valence-electron chi connectivity index (χ1n) is 4.18. The Kier molecular flexibility index (Phi) is 1.88. The maximum absolute atomic E-state index is 11.2. The van der Waals surface area contributed by atoms with E-state index in [9.17, 15) is 4.79 Å². The van der Waals surface area contributed by atoms with E-state index in [-0.39, 0.29) is 18.4 Å². The number of nitrogens with two attached hydrogens (primary N) is 1. The van der Waals surface area contributed by atoms with E-state index >= 15 is 0 Å². The van der Waals surface area contributed by atoms with E-state index < -0.39 is 0 Å². The average molecular weight is 181 g/mol. The monoisotopic (exact) mass is 181 g/mol. The van der Waals surface area contributed by atoms with Gasteiger partial charge in [-0.2, -0.15) is 0 Å². The molecule has 6 nitrogen and oxygen atoms in total. The van der Waals surface area contributed by atoms with Crippen LogP contribution in [0.25, 0.3) is 0 Å². The molecule has 1 saturated carbocycles. The van der Waals surface area contributed by atoms with Crippen LogP contribution in [-0.4, -0.2) is 26.7 Å². The molecule has 2 rings (SSSR count). The quantitative estimate of drug-likeness (QED) is 0.635. The molecule has 1 aromatic heterocycles. The highest BCUT2D eigenvalue weighted by molar-refractivity contribution is 5.76. The van der Waals surface area contributed by atoms with Gasteiger partial charge in [-0.1, -0.05) is 0 Å². The molecule has 1 heterocycles. The predicted molar refractivity (Wildman–Crippen MR) is 45.6 cm³/mol. The Morgan fingerprint density at radius 3 is 3.08 bits per heavy atom. The van der Waals surface area contributed by atoms with Crippen LogP contribution in [0.3, 0.4) is 0 Å². The SMILES string of the molecule is Nc1ncn(CC(=O)NC2CC2)n1. The highest BCUT2D eigenvalue weighted by Gasteiger charge is 2.23. The third-order valence-corrected chi connectivity index (χ3v) is 1.80. The molecular weight excluding hydrogens is 170 g/mol. The maximum Gasteiger partial charge on any atom is 0.242 e. The average Bonchev–Trinajstić information content (AvgIpc) is 2.76. The molecule has 0 spiro atoms. The molecule has 0 unspecified atom stereocenters. The number of hydrogen-bond donors (Lipinski definition) is 2. The van der Waals surface area contributed by atoms with Crippen molar-refractivity contribution in [2.75, 3.05) is 5.73 Å². The summed E-state index contributed by atoms with van der Waals surface area (Å²) in [6, 6.07) is 0.383. The molecule has 0 bridgehead atoms. The zero-order valence-electron chi connectivity index (χ0n) is 7.10. The van der Waals surface area contributed by atoms with Gasteiger partial charge in [0.15, 0.2) is 0 Å². The lowest BCUT2D eigenvalue weighted by Gasteiger charge is -2.01. The number of aromatic nitrogens is 3. The van der Waals surface area contributed by atoms with Crippen molar-refractivity contribution < 1.29 is 4.79 Å². The Balaban J connectivity index is 1.85. The minimum atomic E-state index is -0.0348. The third kappa shape index (κ3) is 2.17. The number of anilines is 1. The summed E-state index contributed by atoms with van der Waals surface area (Å²) in [5.74, 6) is 0.159. The van der Waals surface area contributed by atoms with Crippen LogP contribution in [0, 0.1) is 0 Å². The Hall–Kier alpha value is -1.59. The lowest BCUT2D eigenvalue weighted by molar-refractivity contribution is -0.122. The molecule has 70 valence electrons. The molecule has 0 atom stereocenters. The standard InChI is InChI=1S/C7H11N5O/c8-7-9-4-12(11-7)3-6(13)10-5-1-2-5/h4-5H,1-3H2,(H2,8,11)(H,10,13). The largest absolute Gasteiger partial charge is 0.367 e. The van der Waals surface area contributed by atoms with Gasteiger partial charge >= 0.3 is 0 Å². The van der Waals surface area contributed by atoms with Gasteiger partial charge in [0.1, 0.15) is 12.9 Å². The predicted octanol–water partition coefficient (Wildman–Crippen LogP) is -0.861. The summed E-state index contributed by atoms with van der Waals surface area (Å²) in [7, 11) is 0. The minimum absolute atomic E-state index is 0.0348. The number of hydrogen-bond acceptors (Lipinski definition) is 4. The zero-order chi connectivity index (χ0) is 9.26. The van der Waals surface area contributed by atoms with Gasteiger partial charge in [-0.05, 0) is 12.8 Å². The Bertz CT molecular complexity index is 316. The van der Waals surface area contributed by atoms with Gasteiger partial charge in [0, 0.05) is 6.04 Å². The smallest absolute Gasteiger partial charge is 0.242 e. The number of amides is 1. The van der Waals surface area contributed by atoms with Crippen LogP contribution in [0.5, 0.6) is 0 Å². The third-order valence-electron chi connectivity index (χ3n) is 1.80. The van der Waals surface area contributed by atoms with E-state index in [4.69, 9.17) is 5.73 Å². The van der Waals surface area contributed by atoms with Crippen molar-refractivity contribution >= 4 is 11.9 Å². The van der Waals surface area contributed by atoms with Crippen LogP contribution in [-0.2, 0) is 11.3 Å². The second-order valence-corrected chi connectivity index (χ2v) is 3.14. The summed E-state index contributed by atoms with van der Waals surface area (Å²) >= 11 is 0. The van der Waals surface area contributed by atoms with Crippen LogP contribution < -0.4 is 11.1 Å². The van der Waals surface area contributed by atoms with Gasteiger partial charge in [0.05, 0.1) is 0 Å². The molecule has 0 aromatic carbocycles. The van der Waals surface area contributed by atoms with Crippen LogP contribution in [0.2, 0.25) is 0 Å². The van der Waals surface area contributed by atoms with E-state index in [1.54, 1.807) is 0 Å². The van der Waals surface area contributed by atoms with E-state index in [1.165, 1.54) is 11.0 Å². The highest BCUT2D eigenvalue weighted by atomic mass is 16.2. The van der Waals surface area contributed by atoms with Gasteiger partial charge < -0.3 is 11.1 Å². The normalized spacial score (nSPS) is 15.7. The van der Waals surface area contributed by atoms with Gasteiger partial charge in [-0.15, -0.1) is 5.10 Å². The molecule has 1 aromatic rings. The number of carbonyl (C=O) groups excluding carboxylic acids is 1. The summed E-state index contributed by atoms with van der Waals surface area (Å²) in [6.45, 7) is 0.195. The molecule has 1 aliphatic rings. The molecule has 3 N–H and O–H groups in total. The summed E-state index contributed by atoms with van der Waals surface area (Å²) in [5.41, 5.74) is 5.29. The first kappa shape index (κ1) is 8.03. The van der Waals surface area contributed by atoms with Crippen molar-refractivity contribution in [3.63, 3.8) is 0 Å². The summed E-state index contributed by atoms with van der Waals surface area (Å²) in [6.07, 6.45) is 3.62. The Morgan fingerprint density at radius 1 is 1.77 bits per heavy atom. The van der Waals surface area contributed by atoms with Crippen molar-refractivity contribution in [2.45, 2.75) is 25.4 Å². The van der Waals surface area contributed by atoms with E-state index in [1.807, 2.05) is 0 Å². The number of nitrogens with one attached hydrogen (secondary N) is 1. The van der Waals surface area contributed by atoms with Gasteiger partial charge in [0.2, 0.25) is 11.9 Å². The van der Waals surface area contributed by atoms with E-state index in [0.29, 0.717) is 6.04 Å². The summed E-state index contributed by atoms with van der Waals surface area (Å²) in [4.78, 5) is 14.9. The lowest BCUT2D eigenvalue weighted by Crippen LogP contribution is -2.29. The van der Waals surface area contributed by atoms with Crippen LogP contribution in [0.1, 0.15) is 12.8 Å². The second kappa shape index (κ2) is 3.04. The van der Waals surface area contributed by atoms with E-state index in [2.05, 4.69) is 15.4 Å². The number of rotatable bonds is 3. The maximum atomic E-state index is 11.2. The molecule has 13 heavy (non-hydrogen) atoms. The fraction of sp³-hybridized carbons (Fsp3) is 0.571. The fourth-order valence-electron chi connectivity index (χ4n) is 1.03. The van der Waals surface area contributed by atoms with Crippen molar-refractivity contribution in [1.29, 1.82) is 0 Å². The summed E-state index contributed by atoms with van der Waals surface area (Å²) < 4.78 is 1.42. The topological polar surface area (TPSA) is 85.8 Å². The molecule has 0 saturated heterocycles. The number of nitrogens with zero attached hydrogens (tertiary/aromatic N) is 3. The Morgan fingerprint density at radius 2 is 2.54 bits per heavy atom. The minimum Gasteiger partial charge on any atom is -0.367 e. The van der Waals surface area contributed by atoms with Gasteiger partial charge in [-0.25, -0.2) is 9.67 Å². The summed E-state index contributed by atoms with van der Waals surface area (Å²) in [5, 5.41) is 6.64. The molecule has 1 fully saturated rings. The number of nitrogen functional groups attached to an aromatic ring is 1. The molecule has 1 amide bonds. The first-order valence-corrected chi connectivity index (χ1v) is 4.18. The van der Waals surface area contributed by atoms with Gasteiger partial charge in [0.25, 0.3) is 0 Å². The van der Waals surface area contributed by atoms with E-state index in [0.717, 1.165) is 12.8 Å². The van der Waals surface area contributed by atoms with Crippen molar-refractivity contribution in [1.82, 2.24) is 20.1 Å². The van der Waals surface area contributed by atoms with Crippen molar-refractivity contribution in [3.05, 3.63) is 6.33 Å². The molecule has 0 aliphatic heterocycles. The lowest BCUT2D eigenvalue weighted by atomic mass is 10.5. The molecule has 0 radical (unpaired) electrons. The second-order valence-electron chi connectivity index (χ2n) is 3.14. The van der Waals surface area contributed by atoms with Gasteiger partial charge in [-0.3, -0.25) is 4.79 Å². The molecule has 6 heteroatoms. The molecular formula is C7H11N5O. The molecule has 1 aliphatic carbocycles. The Labute approximate surface area is 75.1 Å².